The molecule has 7 nitrogen and oxygen atoms in total. The van der Waals surface area contributed by atoms with Gasteiger partial charge in [0.25, 0.3) is 5.91 Å². The van der Waals surface area contributed by atoms with E-state index in [0.29, 0.717) is 30.9 Å². The third-order valence-corrected chi connectivity index (χ3v) is 4.13. The van der Waals surface area contributed by atoms with E-state index in [2.05, 4.69) is 10.3 Å². The molecular weight excluding hydrogens is 399 g/mol. The van der Waals surface area contributed by atoms with E-state index in [9.17, 15) is 19.1 Å². The molecule has 1 aromatic rings. The first-order valence-corrected chi connectivity index (χ1v) is 8.97. The molecule has 29 heavy (non-hydrogen) atoms. The van der Waals surface area contributed by atoms with Crippen molar-refractivity contribution >= 4 is 30.1 Å². The standard InChI is InChI=1S/C20H25FN4O3.ClH/c1-20(2,3)19-24-16(17(27)15(12-26)25(19)10-4-9-22)18(28)23-11-13-5-7-14(21)8-6-13;/h5-8,27H,4,9-11,22H2,1-3H3,(H,23,28);1H. The van der Waals surface area contributed by atoms with Crippen molar-refractivity contribution in [3.8, 4) is 0 Å². The molecule has 1 amide bonds. The number of aliphatic hydroxyl groups excluding tert-OH is 1. The first kappa shape index (κ1) is 24.4. The molecule has 0 unspecified atom stereocenters. The molecule has 0 aliphatic carbocycles. The Labute approximate surface area is 175 Å². The lowest BCUT2D eigenvalue weighted by Gasteiger charge is -2.36. The highest BCUT2D eigenvalue weighted by Crippen LogP contribution is 2.30. The van der Waals surface area contributed by atoms with Gasteiger partial charge in [0.2, 0.25) is 0 Å². The Kier molecular flexibility index (Phi) is 8.58. The molecule has 4 N–H and O–H groups in total. The first-order valence-electron chi connectivity index (χ1n) is 8.97. The van der Waals surface area contributed by atoms with Crippen LogP contribution in [-0.2, 0) is 16.1 Å². The molecule has 0 radical (unpaired) electrons. The number of carbonyl (C=O) groups is 1. The summed E-state index contributed by atoms with van der Waals surface area (Å²) in [7, 11) is 0. The average Bonchev–Trinajstić information content (AvgIpc) is 2.64. The van der Waals surface area contributed by atoms with Crippen LogP contribution in [0.3, 0.4) is 0 Å². The average molecular weight is 425 g/mol. The highest BCUT2D eigenvalue weighted by Gasteiger charge is 2.36. The second kappa shape index (κ2) is 10.2. The lowest BCUT2D eigenvalue weighted by Crippen LogP contribution is -2.44. The van der Waals surface area contributed by atoms with Crippen LogP contribution in [0.4, 0.5) is 4.39 Å². The number of nitrogens with one attached hydrogen (secondary N) is 1. The summed E-state index contributed by atoms with van der Waals surface area (Å²) in [5, 5.41) is 13.1. The highest BCUT2D eigenvalue weighted by atomic mass is 35.5. The minimum absolute atomic E-state index is 0. The van der Waals surface area contributed by atoms with Crippen molar-refractivity contribution in [2.75, 3.05) is 13.1 Å². The number of nitrogens with zero attached hydrogens (tertiary/aromatic N) is 2. The zero-order chi connectivity index (χ0) is 20.9. The molecule has 0 saturated carbocycles. The van der Waals surface area contributed by atoms with Gasteiger partial charge in [0.15, 0.2) is 23.1 Å². The Morgan fingerprint density at radius 1 is 1.31 bits per heavy atom. The number of amidine groups is 1. The van der Waals surface area contributed by atoms with E-state index in [1.807, 2.05) is 20.8 Å². The molecule has 9 heteroatoms. The normalized spacial score (nSPS) is 14.2. The van der Waals surface area contributed by atoms with Gasteiger partial charge in [-0.15, -0.1) is 12.4 Å². The van der Waals surface area contributed by atoms with E-state index >= 15 is 0 Å². The van der Waals surface area contributed by atoms with Crippen molar-refractivity contribution < 1.29 is 19.1 Å². The predicted molar refractivity (Wildman–Crippen MR) is 112 cm³/mol. The summed E-state index contributed by atoms with van der Waals surface area (Å²) in [5.74, 6) is 0.634. The summed E-state index contributed by atoms with van der Waals surface area (Å²) in [4.78, 5) is 30.1. The number of hydrogen-bond donors (Lipinski definition) is 3. The summed E-state index contributed by atoms with van der Waals surface area (Å²) in [6, 6.07) is 5.66. The van der Waals surface area contributed by atoms with Crippen LogP contribution in [-0.4, -0.2) is 40.8 Å². The predicted octanol–water partition coefficient (Wildman–Crippen LogP) is 2.46. The minimum Gasteiger partial charge on any atom is -0.503 e. The molecule has 0 saturated heterocycles. The second-order valence-corrected chi connectivity index (χ2v) is 7.44. The molecule has 1 aromatic carbocycles. The molecule has 158 valence electrons. The quantitative estimate of drug-likeness (QED) is 0.608. The van der Waals surface area contributed by atoms with Gasteiger partial charge in [-0.3, -0.25) is 4.79 Å². The molecule has 0 aromatic heterocycles. The molecule has 1 heterocycles. The molecule has 0 spiro atoms. The Balaban J connectivity index is 0.00000420. The van der Waals surface area contributed by atoms with Crippen molar-refractivity contribution in [3.05, 3.63) is 52.8 Å². The third kappa shape index (κ3) is 5.90. The largest absolute Gasteiger partial charge is 0.503 e. The summed E-state index contributed by atoms with van der Waals surface area (Å²) in [6.45, 7) is 6.55. The molecule has 2 rings (SSSR count). The lowest BCUT2D eigenvalue weighted by molar-refractivity contribution is -0.117. The Morgan fingerprint density at radius 3 is 2.45 bits per heavy atom. The fraction of sp³-hybridized carbons (Fsp3) is 0.400. The number of benzene rings is 1. The van der Waals surface area contributed by atoms with Crippen LogP contribution in [0.15, 0.2) is 46.4 Å². The van der Waals surface area contributed by atoms with Crippen LogP contribution < -0.4 is 11.1 Å². The van der Waals surface area contributed by atoms with Crippen molar-refractivity contribution in [3.63, 3.8) is 0 Å². The van der Waals surface area contributed by atoms with Gasteiger partial charge in [0, 0.05) is 18.5 Å². The van der Waals surface area contributed by atoms with Crippen LogP contribution in [0, 0.1) is 11.2 Å². The summed E-state index contributed by atoms with van der Waals surface area (Å²) in [6.07, 6.45) is 0.569. The number of hydrogen-bond acceptors (Lipinski definition) is 6. The van der Waals surface area contributed by atoms with Gasteiger partial charge in [-0.1, -0.05) is 32.9 Å². The maximum absolute atomic E-state index is 13.0. The first-order chi connectivity index (χ1) is 13.2. The lowest BCUT2D eigenvalue weighted by atomic mass is 9.92. The van der Waals surface area contributed by atoms with Crippen molar-refractivity contribution in [2.24, 2.45) is 16.1 Å². The SMILES string of the molecule is CC(C)(C)C1=NC(C(=O)NCc2ccc(F)cc2)=C(O)C(=C=O)N1CCCN.Cl. The smallest absolute Gasteiger partial charge is 0.274 e. The number of aliphatic imine (C=N–C) groups is 1. The number of halogens is 2. The van der Waals surface area contributed by atoms with Gasteiger partial charge in [0.05, 0.1) is 0 Å². The van der Waals surface area contributed by atoms with Crippen molar-refractivity contribution in [2.45, 2.75) is 33.7 Å². The number of aliphatic hydroxyl groups is 1. The maximum atomic E-state index is 13.0. The molecule has 0 atom stereocenters. The number of rotatable bonds is 6. The molecule has 0 bridgehead atoms. The molecule has 1 aliphatic rings. The van der Waals surface area contributed by atoms with Gasteiger partial charge < -0.3 is 21.1 Å². The number of carbonyl (C=O) groups excluding carboxylic acids is 2. The fourth-order valence-corrected chi connectivity index (χ4v) is 2.73. The van der Waals surface area contributed by atoms with Crippen molar-refractivity contribution in [1.82, 2.24) is 10.2 Å². The topological polar surface area (TPSA) is 108 Å². The Hall–Kier alpha value is -2.67. The monoisotopic (exact) mass is 424 g/mol. The van der Waals surface area contributed by atoms with Gasteiger partial charge >= 0.3 is 0 Å². The van der Waals surface area contributed by atoms with E-state index < -0.39 is 17.1 Å². The Bertz CT molecular complexity index is 853. The number of amides is 1. The minimum atomic E-state index is -0.644. The third-order valence-electron chi connectivity index (χ3n) is 4.13. The van der Waals surface area contributed by atoms with E-state index in [1.165, 1.54) is 12.1 Å². The van der Waals surface area contributed by atoms with E-state index in [4.69, 9.17) is 5.73 Å². The second-order valence-electron chi connectivity index (χ2n) is 7.44. The van der Waals surface area contributed by atoms with E-state index in [-0.39, 0.29) is 36.2 Å². The van der Waals surface area contributed by atoms with Gasteiger partial charge in [-0.05, 0) is 30.7 Å². The fourth-order valence-electron chi connectivity index (χ4n) is 2.73. The van der Waals surface area contributed by atoms with Crippen LogP contribution in [0.25, 0.3) is 0 Å². The molecular formula is C20H26ClFN4O3. The van der Waals surface area contributed by atoms with E-state index in [1.54, 1.807) is 23.0 Å². The van der Waals surface area contributed by atoms with Crippen LogP contribution in [0.2, 0.25) is 0 Å². The zero-order valence-electron chi connectivity index (χ0n) is 16.7. The Morgan fingerprint density at radius 2 is 1.93 bits per heavy atom. The summed E-state index contributed by atoms with van der Waals surface area (Å²) < 4.78 is 13.0. The van der Waals surface area contributed by atoms with Crippen molar-refractivity contribution in [1.29, 1.82) is 0 Å². The maximum Gasteiger partial charge on any atom is 0.274 e. The van der Waals surface area contributed by atoms with Gasteiger partial charge in [0.1, 0.15) is 11.7 Å². The van der Waals surface area contributed by atoms with Crippen LogP contribution >= 0.6 is 12.4 Å². The van der Waals surface area contributed by atoms with Gasteiger partial charge in [-0.25, -0.2) is 14.2 Å². The summed E-state index contributed by atoms with van der Waals surface area (Å²) >= 11 is 0. The molecule has 1 aliphatic heterocycles. The van der Waals surface area contributed by atoms with E-state index in [0.717, 1.165) is 0 Å². The molecule has 0 fully saturated rings. The van der Waals surface area contributed by atoms with Gasteiger partial charge in [-0.2, -0.15) is 0 Å². The zero-order valence-corrected chi connectivity index (χ0v) is 17.5. The van der Waals surface area contributed by atoms with Crippen LogP contribution in [0.5, 0.6) is 0 Å². The highest BCUT2D eigenvalue weighted by molar-refractivity contribution is 6.02. The van der Waals surface area contributed by atoms with Crippen LogP contribution in [0.1, 0.15) is 32.8 Å². The number of nitrogens with two attached hydrogens (primary N) is 1. The summed E-state index contributed by atoms with van der Waals surface area (Å²) in [5.41, 5.74) is 5.35.